The van der Waals surface area contributed by atoms with Crippen molar-refractivity contribution in [2.24, 2.45) is 0 Å². The maximum atomic E-state index is 6.41. The number of nitrogens with one attached hydrogen (secondary N) is 1. The van der Waals surface area contributed by atoms with Gasteiger partial charge in [-0.05, 0) is 46.2 Å². The Labute approximate surface area is 144 Å². The van der Waals surface area contributed by atoms with Crippen LogP contribution in [0.5, 0.6) is 5.75 Å². The molecule has 24 heavy (non-hydrogen) atoms. The van der Waals surface area contributed by atoms with Crippen molar-refractivity contribution in [3.63, 3.8) is 0 Å². The van der Waals surface area contributed by atoms with Crippen LogP contribution in [0.4, 0.5) is 5.95 Å². The van der Waals surface area contributed by atoms with Gasteiger partial charge in [-0.1, -0.05) is 47.0 Å². The van der Waals surface area contributed by atoms with Crippen molar-refractivity contribution in [3.05, 3.63) is 64.7 Å². The second kappa shape index (κ2) is 6.13. The molecule has 0 unspecified atom stereocenters. The van der Waals surface area contributed by atoms with Crippen LogP contribution in [0.15, 0.2) is 48.5 Å². The van der Waals surface area contributed by atoms with Gasteiger partial charge in [0.1, 0.15) is 5.75 Å². The summed E-state index contributed by atoms with van der Waals surface area (Å²) in [5.41, 5.74) is 2.18. The van der Waals surface area contributed by atoms with Crippen LogP contribution < -0.4 is 10.1 Å². The Morgan fingerprint density at radius 1 is 1.17 bits per heavy atom. The molecule has 7 heteroatoms. The van der Waals surface area contributed by atoms with Crippen LogP contribution in [-0.2, 0) is 0 Å². The number of rotatable bonds is 3. The molecule has 0 bridgehead atoms. The first kappa shape index (κ1) is 15.0. The van der Waals surface area contributed by atoms with Gasteiger partial charge in [-0.3, -0.25) is 0 Å². The summed E-state index contributed by atoms with van der Waals surface area (Å²) in [6.07, 6.45) is 0.800. The second-order valence-corrected chi connectivity index (χ2v) is 6.10. The van der Waals surface area contributed by atoms with Crippen LogP contribution in [0.1, 0.15) is 29.6 Å². The van der Waals surface area contributed by atoms with E-state index in [2.05, 4.69) is 33.0 Å². The summed E-state index contributed by atoms with van der Waals surface area (Å²) >= 11 is 6.41. The maximum Gasteiger partial charge on any atom is 0.243 e. The van der Waals surface area contributed by atoms with Gasteiger partial charge in [-0.25, -0.2) is 4.68 Å². The van der Waals surface area contributed by atoms with Gasteiger partial charge in [-0.15, -0.1) is 0 Å². The molecule has 2 aromatic carbocycles. The number of methoxy groups -OCH3 is 1. The number of benzene rings is 2. The minimum Gasteiger partial charge on any atom is -0.497 e. The Morgan fingerprint density at radius 2 is 1.96 bits per heavy atom. The number of ether oxygens (including phenoxy) is 1. The zero-order chi connectivity index (χ0) is 16.5. The highest BCUT2D eigenvalue weighted by Gasteiger charge is 2.31. The molecule has 1 N–H and O–H groups in total. The fourth-order valence-corrected chi connectivity index (χ4v) is 3.36. The Morgan fingerprint density at radius 3 is 2.71 bits per heavy atom. The molecule has 122 valence electrons. The Bertz CT molecular complexity index is 848. The van der Waals surface area contributed by atoms with Crippen molar-refractivity contribution in [2.45, 2.75) is 18.5 Å². The van der Waals surface area contributed by atoms with Crippen molar-refractivity contribution in [1.29, 1.82) is 0 Å². The van der Waals surface area contributed by atoms with Crippen molar-refractivity contribution in [3.8, 4) is 5.75 Å². The van der Waals surface area contributed by atoms with Crippen molar-refractivity contribution >= 4 is 17.5 Å². The van der Waals surface area contributed by atoms with Crippen molar-refractivity contribution in [2.75, 3.05) is 12.4 Å². The SMILES string of the molecule is COc1ccc([C@@H]2C[C@H](c3ccccc3Cl)n3nnnc3N2)cc1. The summed E-state index contributed by atoms with van der Waals surface area (Å²) in [6.45, 7) is 0. The third-order valence-electron chi connectivity index (χ3n) is 4.33. The van der Waals surface area contributed by atoms with E-state index in [9.17, 15) is 0 Å². The summed E-state index contributed by atoms with van der Waals surface area (Å²) in [6, 6.07) is 15.9. The number of anilines is 1. The molecule has 4 rings (SSSR count). The summed E-state index contributed by atoms with van der Waals surface area (Å²) < 4.78 is 7.03. The molecule has 2 atom stereocenters. The molecule has 0 saturated heterocycles. The molecule has 0 saturated carbocycles. The van der Waals surface area contributed by atoms with Crippen molar-refractivity contribution < 1.29 is 4.74 Å². The van der Waals surface area contributed by atoms with Gasteiger partial charge in [0.05, 0.1) is 19.2 Å². The summed E-state index contributed by atoms with van der Waals surface area (Å²) in [5, 5.41) is 16.1. The lowest BCUT2D eigenvalue weighted by molar-refractivity contribution is 0.412. The number of hydrogen-bond donors (Lipinski definition) is 1. The van der Waals surface area contributed by atoms with Crippen LogP contribution in [0, 0.1) is 0 Å². The molecule has 0 aliphatic carbocycles. The number of fused-ring (bicyclic) bond motifs is 1. The molecule has 0 radical (unpaired) electrons. The fraction of sp³-hybridized carbons (Fsp3) is 0.235. The second-order valence-electron chi connectivity index (χ2n) is 5.69. The minimum atomic E-state index is -0.0166. The zero-order valence-corrected chi connectivity index (χ0v) is 13.8. The van der Waals surface area contributed by atoms with E-state index in [1.807, 2.05) is 36.4 Å². The highest BCUT2D eigenvalue weighted by Crippen LogP contribution is 2.39. The standard InChI is InChI=1S/C17H16ClN5O/c1-24-12-8-6-11(7-9-12)15-10-16(13-4-2-3-5-14(13)18)23-17(19-15)20-21-22-23/h2-9,15-16H,10H2,1H3,(H,19,20,22)/t15-,16+/m0/s1. The first-order valence-electron chi connectivity index (χ1n) is 7.69. The van der Waals surface area contributed by atoms with E-state index >= 15 is 0 Å². The topological polar surface area (TPSA) is 64.9 Å². The molecule has 2 heterocycles. The number of nitrogens with zero attached hydrogens (tertiary/aromatic N) is 4. The highest BCUT2D eigenvalue weighted by atomic mass is 35.5. The Hall–Kier alpha value is -2.60. The Kier molecular flexibility index (Phi) is 3.82. The monoisotopic (exact) mass is 341 g/mol. The van der Waals surface area contributed by atoms with E-state index in [1.54, 1.807) is 11.8 Å². The van der Waals surface area contributed by atoms with Gasteiger partial charge in [0.2, 0.25) is 5.95 Å². The first-order valence-corrected chi connectivity index (χ1v) is 8.07. The summed E-state index contributed by atoms with van der Waals surface area (Å²) in [5.74, 6) is 1.48. The van der Waals surface area contributed by atoms with Crippen LogP contribution in [0.3, 0.4) is 0 Å². The van der Waals surface area contributed by atoms with Crippen LogP contribution >= 0.6 is 11.6 Å². The molecule has 0 fully saturated rings. The predicted octanol–water partition coefficient (Wildman–Crippen LogP) is 3.48. The largest absolute Gasteiger partial charge is 0.497 e. The number of tetrazole rings is 1. The quantitative estimate of drug-likeness (QED) is 0.790. The third-order valence-corrected chi connectivity index (χ3v) is 4.68. The molecule has 3 aromatic rings. The lowest BCUT2D eigenvalue weighted by Gasteiger charge is -2.31. The molecular weight excluding hydrogens is 326 g/mol. The van der Waals surface area contributed by atoms with Crippen molar-refractivity contribution in [1.82, 2.24) is 20.2 Å². The van der Waals surface area contributed by atoms with Gasteiger partial charge in [0, 0.05) is 5.02 Å². The molecule has 1 aliphatic rings. The minimum absolute atomic E-state index is 0.0166. The van der Waals surface area contributed by atoms with Gasteiger partial charge in [0.15, 0.2) is 0 Å². The molecule has 6 nitrogen and oxygen atoms in total. The average Bonchev–Trinajstić information content (AvgIpc) is 3.10. The van der Waals surface area contributed by atoms with E-state index in [4.69, 9.17) is 16.3 Å². The highest BCUT2D eigenvalue weighted by molar-refractivity contribution is 6.31. The third kappa shape index (κ3) is 2.59. The van der Waals surface area contributed by atoms with Gasteiger partial charge >= 0.3 is 0 Å². The number of hydrogen-bond acceptors (Lipinski definition) is 5. The molecule has 1 aliphatic heterocycles. The van der Waals surface area contributed by atoms with Gasteiger partial charge < -0.3 is 10.1 Å². The lowest BCUT2D eigenvalue weighted by Crippen LogP contribution is -2.28. The molecular formula is C17H16ClN5O. The van der Waals surface area contributed by atoms with E-state index < -0.39 is 0 Å². The fourth-order valence-electron chi connectivity index (χ4n) is 3.10. The van der Waals surface area contributed by atoms with Gasteiger partial charge in [-0.2, -0.15) is 0 Å². The van der Waals surface area contributed by atoms with Crippen LogP contribution in [0.2, 0.25) is 5.02 Å². The van der Waals surface area contributed by atoms with E-state index in [1.165, 1.54) is 0 Å². The maximum absolute atomic E-state index is 6.41. The van der Waals surface area contributed by atoms with Gasteiger partial charge in [0.25, 0.3) is 0 Å². The van der Waals surface area contributed by atoms with E-state index in [0.29, 0.717) is 5.95 Å². The van der Waals surface area contributed by atoms with E-state index in [0.717, 1.165) is 28.3 Å². The van der Waals surface area contributed by atoms with Crippen LogP contribution in [-0.4, -0.2) is 27.3 Å². The predicted molar refractivity (Wildman–Crippen MR) is 91.4 cm³/mol. The van der Waals surface area contributed by atoms with E-state index in [-0.39, 0.29) is 12.1 Å². The first-order chi connectivity index (χ1) is 11.8. The normalized spacial score (nSPS) is 19.4. The van der Waals surface area contributed by atoms with Crippen LogP contribution in [0.25, 0.3) is 0 Å². The molecule has 1 aromatic heterocycles. The zero-order valence-electron chi connectivity index (χ0n) is 13.1. The average molecular weight is 342 g/mol. The summed E-state index contributed by atoms with van der Waals surface area (Å²) in [4.78, 5) is 0. The molecule has 0 amide bonds. The number of aromatic nitrogens is 4. The summed E-state index contributed by atoms with van der Waals surface area (Å²) in [7, 11) is 1.66. The lowest BCUT2D eigenvalue weighted by atomic mass is 9.93. The smallest absolute Gasteiger partial charge is 0.243 e. The Balaban J connectivity index is 1.72. The molecule has 0 spiro atoms. The number of halogens is 1.